The molecule has 0 radical (unpaired) electrons. The van der Waals surface area contributed by atoms with Crippen LogP contribution in [0.25, 0.3) is 0 Å². The topological polar surface area (TPSA) is 46.2 Å². The molecule has 0 aliphatic heterocycles. The molecule has 0 amide bonds. The second-order valence-corrected chi connectivity index (χ2v) is 7.49. The maximum absolute atomic E-state index is 11.5. The monoisotopic (exact) mass is 281 g/mol. The lowest BCUT2D eigenvalue weighted by Crippen LogP contribution is -2.59. The summed E-state index contributed by atoms with van der Waals surface area (Å²) < 4.78 is 0. The Hall–Kier alpha value is -0.0800. The van der Waals surface area contributed by atoms with E-state index in [2.05, 4.69) is 13.8 Å². The molecule has 2 atom stereocenters. The highest BCUT2D eigenvalue weighted by molar-refractivity contribution is 5.06. The van der Waals surface area contributed by atoms with E-state index in [9.17, 15) is 5.11 Å². The zero-order chi connectivity index (χ0) is 14.6. The molecule has 2 aliphatic rings. The smallest absolute Gasteiger partial charge is 0.0743 e. The van der Waals surface area contributed by atoms with Gasteiger partial charge in [0, 0.05) is 12.0 Å². The first-order valence-electron chi connectivity index (χ1n) is 9.04. The first kappa shape index (κ1) is 16.3. The SMILES string of the molecule is CCCC1CCC(CN)(C2(O)CCCCC2CC)CC1. The van der Waals surface area contributed by atoms with Gasteiger partial charge in [-0.2, -0.15) is 0 Å². The van der Waals surface area contributed by atoms with Crippen LogP contribution in [0.4, 0.5) is 0 Å². The highest BCUT2D eigenvalue weighted by Gasteiger charge is 2.54. The molecule has 0 aromatic heterocycles. The van der Waals surface area contributed by atoms with Crippen molar-refractivity contribution in [2.75, 3.05) is 6.54 Å². The lowest BCUT2D eigenvalue weighted by atomic mass is 9.53. The van der Waals surface area contributed by atoms with Crippen molar-refractivity contribution in [2.24, 2.45) is 23.0 Å². The minimum absolute atomic E-state index is 0.0122. The van der Waals surface area contributed by atoms with E-state index in [1.807, 2.05) is 0 Å². The summed E-state index contributed by atoms with van der Waals surface area (Å²) in [6.45, 7) is 5.21. The van der Waals surface area contributed by atoms with Crippen LogP contribution >= 0.6 is 0 Å². The number of aliphatic hydroxyl groups is 1. The molecular formula is C18H35NO. The molecule has 0 aromatic carbocycles. The van der Waals surface area contributed by atoms with E-state index < -0.39 is 5.60 Å². The van der Waals surface area contributed by atoms with Crippen LogP contribution in [0, 0.1) is 17.3 Å². The van der Waals surface area contributed by atoms with Crippen molar-refractivity contribution in [3.63, 3.8) is 0 Å². The quantitative estimate of drug-likeness (QED) is 0.791. The van der Waals surface area contributed by atoms with Crippen molar-refractivity contribution < 1.29 is 5.11 Å². The van der Waals surface area contributed by atoms with Crippen LogP contribution in [0.15, 0.2) is 0 Å². The Morgan fingerprint density at radius 3 is 2.30 bits per heavy atom. The molecule has 20 heavy (non-hydrogen) atoms. The normalized spacial score (nSPS) is 42.6. The van der Waals surface area contributed by atoms with Crippen LogP contribution in [0.2, 0.25) is 0 Å². The van der Waals surface area contributed by atoms with E-state index in [4.69, 9.17) is 5.73 Å². The average Bonchev–Trinajstić information content (AvgIpc) is 2.49. The maximum atomic E-state index is 11.5. The molecule has 0 aromatic rings. The van der Waals surface area contributed by atoms with Gasteiger partial charge in [0.25, 0.3) is 0 Å². The fourth-order valence-electron chi connectivity index (χ4n) is 5.21. The summed E-state index contributed by atoms with van der Waals surface area (Å²) in [7, 11) is 0. The minimum atomic E-state index is -0.480. The molecule has 0 spiro atoms. The zero-order valence-electron chi connectivity index (χ0n) is 13.7. The van der Waals surface area contributed by atoms with E-state index in [1.165, 1.54) is 44.9 Å². The molecule has 2 nitrogen and oxygen atoms in total. The zero-order valence-corrected chi connectivity index (χ0v) is 13.7. The number of hydrogen-bond donors (Lipinski definition) is 2. The van der Waals surface area contributed by atoms with Gasteiger partial charge in [-0.1, -0.05) is 46.0 Å². The van der Waals surface area contributed by atoms with Gasteiger partial charge in [-0.05, 0) is 50.4 Å². The van der Waals surface area contributed by atoms with Gasteiger partial charge in [0.2, 0.25) is 0 Å². The molecule has 118 valence electrons. The Kier molecular flexibility index (Phi) is 5.53. The molecule has 0 bridgehead atoms. The molecule has 3 N–H and O–H groups in total. The van der Waals surface area contributed by atoms with Crippen molar-refractivity contribution in [2.45, 2.75) is 90.1 Å². The van der Waals surface area contributed by atoms with Gasteiger partial charge in [0.05, 0.1) is 5.60 Å². The Morgan fingerprint density at radius 2 is 1.75 bits per heavy atom. The van der Waals surface area contributed by atoms with Crippen LogP contribution in [0.5, 0.6) is 0 Å². The third-order valence-corrected chi connectivity index (χ3v) is 6.60. The first-order valence-corrected chi connectivity index (χ1v) is 9.04. The second-order valence-electron chi connectivity index (χ2n) is 7.49. The molecule has 0 heterocycles. The Labute approximate surface area is 125 Å². The lowest BCUT2D eigenvalue weighted by molar-refractivity contribution is -0.162. The predicted molar refractivity (Wildman–Crippen MR) is 85.6 cm³/mol. The van der Waals surface area contributed by atoms with Crippen molar-refractivity contribution in [1.82, 2.24) is 0 Å². The summed E-state index contributed by atoms with van der Waals surface area (Å²) in [5.41, 5.74) is 5.76. The summed E-state index contributed by atoms with van der Waals surface area (Å²) in [6, 6.07) is 0. The van der Waals surface area contributed by atoms with E-state index in [1.54, 1.807) is 0 Å². The molecule has 0 saturated heterocycles. The summed E-state index contributed by atoms with van der Waals surface area (Å²) in [6.07, 6.45) is 13.3. The molecule has 2 heteroatoms. The number of nitrogens with two attached hydrogens (primary N) is 1. The standard InChI is InChI=1S/C18H35NO/c1-3-7-15-9-12-17(14-19,13-10-15)18(20)11-6-5-8-16(18)4-2/h15-16,20H,3-14,19H2,1-2H3. The molecular weight excluding hydrogens is 246 g/mol. The Morgan fingerprint density at radius 1 is 1.05 bits per heavy atom. The minimum Gasteiger partial charge on any atom is -0.389 e. The van der Waals surface area contributed by atoms with Gasteiger partial charge >= 0.3 is 0 Å². The summed E-state index contributed by atoms with van der Waals surface area (Å²) in [4.78, 5) is 0. The van der Waals surface area contributed by atoms with Gasteiger partial charge in [0.1, 0.15) is 0 Å². The third kappa shape index (κ3) is 2.78. The van der Waals surface area contributed by atoms with Gasteiger partial charge in [-0.3, -0.25) is 0 Å². The molecule has 2 aliphatic carbocycles. The Bertz CT molecular complexity index is 296. The summed E-state index contributed by atoms with van der Waals surface area (Å²) in [5, 5.41) is 11.5. The third-order valence-electron chi connectivity index (χ3n) is 6.60. The van der Waals surface area contributed by atoms with Crippen LogP contribution in [0.3, 0.4) is 0 Å². The average molecular weight is 281 g/mol. The van der Waals surface area contributed by atoms with Crippen molar-refractivity contribution >= 4 is 0 Å². The van der Waals surface area contributed by atoms with Gasteiger partial charge < -0.3 is 10.8 Å². The van der Waals surface area contributed by atoms with E-state index in [-0.39, 0.29) is 5.41 Å². The fourth-order valence-corrected chi connectivity index (χ4v) is 5.21. The van der Waals surface area contributed by atoms with Crippen molar-refractivity contribution in [3.05, 3.63) is 0 Å². The second kappa shape index (κ2) is 6.79. The molecule has 2 saturated carbocycles. The fraction of sp³-hybridized carbons (Fsp3) is 1.00. The van der Waals surface area contributed by atoms with E-state index in [0.717, 1.165) is 31.6 Å². The van der Waals surface area contributed by atoms with Gasteiger partial charge in [-0.15, -0.1) is 0 Å². The van der Waals surface area contributed by atoms with Crippen molar-refractivity contribution in [3.8, 4) is 0 Å². The largest absolute Gasteiger partial charge is 0.389 e. The first-order chi connectivity index (χ1) is 9.62. The maximum Gasteiger partial charge on any atom is 0.0743 e. The number of rotatable bonds is 5. The molecule has 2 fully saturated rings. The molecule has 2 rings (SSSR count). The van der Waals surface area contributed by atoms with Crippen molar-refractivity contribution in [1.29, 1.82) is 0 Å². The van der Waals surface area contributed by atoms with Crippen LogP contribution < -0.4 is 5.73 Å². The van der Waals surface area contributed by atoms with Crippen LogP contribution in [-0.4, -0.2) is 17.3 Å². The number of hydrogen-bond acceptors (Lipinski definition) is 2. The highest BCUT2D eigenvalue weighted by Crippen LogP contribution is 2.54. The van der Waals surface area contributed by atoms with Crippen LogP contribution in [-0.2, 0) is 0 Å². The lowest BCUT2D eigenvalue weighted by Gasteiger charge is -2.56. The Balaban J connectivity index is 2.13. The van der Waals surface area contributed by atoms with E-state index in [0.29, 0.717) is 12.5 Å². The van der Waals surface area contributed by atoms with Gasteiger partial charge in [-0.25, -0.2) is 0 Å². The van der Waals surface area contributed by atoms with Crippen LogP contribution in [0.1, 0.15) is 84.5 Å². The summed E-state index contributed by atoms with van der Waals surface area (Å²) in [5.74, 6) is 1.36. The summed E-state index contributed by atoms with van der Waals surface area (Å²) >= 11 is 0. The predicted octanol–water partition coefficient (Wildman–Crippen LogP) is 4.25. The highest BCUT2D eigenvalue weighted by atomic mass is 16.3. The van der Waals surface area contributed by atoms with E-state index >= 15 is 0 Å². The molecule has 2 unspecified atom stereocenters. The van der Waals surface area contributed by atoms with Gasteiger partial charge in [0.15, 0.2) is 0 Å².